The third-order valence-corrected chi connectivity index (χ3v) is 6.04. The standard InChI is InChI=1S/C21H21BrFN3O2/c1-14-21(22)16-4-2-3-5-18(16)26(14)13-20(27)24-15-6-7-19(17(23)12-15)25-8-10-28-11-9-25/h2-7,12H,8-11,13H2,1H3,(H,24,27). The SMILES string of the molecule is Cc1c(Br)c2ccccc2n1CC(=O)Nc1ccc(N2CCOCC2)c(F)c1. The van der Waals surface area contributed by atoms with Crippen LogP contribution in [-0.4, -0.2) is 36.8 Å². The molecule has 1 saturated heterocycles. The van der Waals surface area contributed by atoms with E-state index < -0.39 is 0 Å². The van der Waals surface area contributed by atoms with Crippen molar-refractivity contribution in [1.29, 1.82) is 0 Å². The summed E-state index contributed by atoms with van der Waals surface area (Å²) in [7, 11) is 0. The minimum atomic E-state index is -0.343. The lowest BCUT2D eigenvalue weighted by atomic mass is 10.2. The predicted molar refractivity (Wildman–Crippen MR) is 112 cm³/mol. The lowest BCUT2D eigenvalue weighted by Crippen LogP contribution is -2.36. The molecule has 0 unspecified atom stereocenters. The highest BCUT2D eigenvalue weighted by Crippen LogP contribution is 2.30. The fourth-order valence-electron chi connectivity index (χ4n) is 3.58. The topological polar surface area (TPSA) is 46.5 Å². The summed E-state index contributed by atoms with van der Waals surface area (Å²) < 4.78 is 22.8. The molecule has 0 spiro atoms. The Morgan fingerprint density at radius 1 is 1.21 bits per heavy atom. The van der Waals surface area contributed by atoms with Crippen LogP contribution in [0.2, 0.25) is 0 Å². The molecule has 1 N–H and O–H groups in total. The highest BCUT2D eigenvalue weighted by atomic mass is 79.9. The maximum absolute atomic E-state index is 14.5. The van der Waals surface area contributed by atoms with E-state index in [1.165, 1.54) is 6.07 Å². The smallest absolute Gasteiger partial charge is 0.244 e. The molecule has 28 heavy (non-hydrogen) atoms. The summed E-state index contributed by atoms with van der Waals surface area (Å²) >= 11 is 3.60. The van der Waals surface area contributed by atoms with Crippen LogP contribution in [0.3, 0.4) is 0 Å². The van der Waals surface area contributed by atoms with Gasteiger partial charge in [-0.25, -0.2) is 4.39 Å². The number of carbonyl (C=O) groups is 1. The molecule has 1 aliphatic rings. The van der Waals surface area contributed by atoms with E-state index in [0.717, 1.165) is 21.1 Å². The summed E-state index contributed by atoms with van der Waals surface area (Å²) in [6, 6.07) is 12.7. The number of anilines is 2. The number of para-hydroxylation sites is 1. The van der Waals surface area contributed by atoms with Crippen LogP contribution in [0.5, 0.6) is 0 Å². The third-order valence-electron chi connectivity index (χ3n) is 5.04. The van der Waals surface area contributed by atoms with Crippen molar-refractivity contribution >= 4 is 44.1 Å². The van der Waals surface area contributed by atoms with E-state index in [1.54, 1.807) is 12.1 Å². The van der Waals surface area contributed by atoms with Gasteiger partial charge in [0.2, 0.25) is 5.91 Å². The first kappa shape index (κ1) is 19.0. The van der Waals surface area contributed by atoms with Gasteiger partial charge in [0, 0.05) is 39.8 Å². The molecule has 0 radical (unpaired) electrons. The Balaban J connectivity index is 1.50. The third kappa shape index (κ3) is 3.64. The molecular formula is C21H21BrFN3O2. The molecule has 5 nitrogen and oxygen atoms in total. The van der Waals surface area contributed by atoms with Crippen LogP contribution >= 0.6 is 15.9 Å². The molecule has 0 saturated carbocycles. The second-order valence-electron chi connectivity index (χ2n) is 6.82. The molecule has 1 amide bonds. The first-order chi connectivity index (χ1) is 13.5. The Morgan fingerprint density at radius 3 is 2.71 bits per heavy atom. The summed E-state index contributed by atoms with van der Waals surface area (Å²) in [4.78, 5) is 14.5. The Bertz CT molecular complexity index is 1030. The molecule has 2 aromatic carbocycles. The molecule has 2 heterocycles. The monoisotopic (exact) mass is 445 g/mol. The van der Waals surface area contributed by atoms with E-state index in [9.17, 15) is 9.18 Å². The Hall–Kier alpha value is -2.38. The number of nitrogens with one attached hydrogen (secondary N) is 1. The molecule has 4 rings (SSSR count). The van der Waals surface area contributed by atoms with E-state index in [-0.39, 0.29) is 18.3 Å². The number of amides is 1. The Morgan fingerprint density at radius 2 is 1.96 bits per heavy atom. The van der Waals surface area contributed by atoms with Crippen LogP contribution in [0.25, 0.3) is 10.9 Å². The maximum Gasteiger partial charge on any atom is 0.244 e. The van der Waals surface area contributed by atoms with Crippen molar-refractivity contribution in [1.82, 2.24) is 4.57 Å². The minimum absolute atomic E-state index is 0.158. The van der Waals surface area contributed by atoms with Crippen molar-refractivity contribution in [3.8, 4) is 0 Å². The van der Waals surface area contributed by atoms with Gasteiger partial charge in [-0.05, 0) is 47.1 Å². The van der Waals surface area contributed by atoms with Crippen molar-refractivity contribution in [3.63, 3.8) is 0 Å². The summed E-state index contributed by atoms with van der Waals surface area (Å²) in [5.74, 6) is -0.542. The number of ether oxygens (including phenoxy) is 1. The van der Waals surface area contributed by atoms with E-state index in [1.807, 2.05) is 40.7 Å². The van der Waals surface area contributed by atoms with Crippen LogP contribution in [0.15, 0.2) is 46.9 Å². The van der Waals surface area contributed by atoms with Crippen molar-refractivity contribution in [3.05, 3.63) is 58.4 Å². The largest absolute Gasteiger partial charge is 0.378 e. The number of morpholine rings is 1. The number of hydrogen-bond donors (Lipinski definition) is 1. The molecule has 3 aromatic rings. The normalized spacial score (nSPS) is 14.5. The van der Waals surface area contributed by atoms with Gasteiger partial charge in [-0.3, -0.25) is 4.79 Å². The Kier molecular flexibility index (Phi) is 5.37. The number of aromatic nitrogens is 1. The van der Waals surface area contributed by atoms with Gasteiger partial charge >= 0.3 is 0 Å². The van der Waals surface area contributed by atoms with Gasteiger partial charge in [-0.2, -0.15) is 0 Å². The zero-order valence-corrected chi connectivity index (χ0v) is 17.1. The molecule has 0 bridgehead atoms. The Labute approximate surface area is 171 Å². The second-order valence-corrected chi connectivity index (χ2v) is 7.61. The quantitative estimate of drug-likeness (QED) is 0.649. The average Bonchev–Trinajstić information content (AvgIpc) is 2.94. The van der Waals surface area contributed by atoms with E-state index in [2.05, 4.69) is 21.2 Å². The number of fused-ring (bicyclic) bond motifs is 1. The van der Waals surface area contributed by atoms with E-state index >= 15 is 0 Å². The van der Waals surface area contributed by atoms with E-state index in [4.69, 9.17) is 4.74 Å². The van der Waals surface area contributed by atoms with Crippen LogP contribution in [0.1, 0.15) is 5.69 Å². The number of halogens is 2. The summed E-state index contributed by atoms with van der Waals surface area (Å²) in [6.45, 7) is 4.64. The first-order valence-corrected chi connectivity index (χ1v) is 9.99. The second kappa shape index (κ2) is 7.93. The molecule has 1 fully saturated rings. The zero-order chi connectivity index (χ0) is 19.7. The molecule has 146 valence electrons. The molecule has 0 atom stereocenters. The number of carbonyl (C=O) groups excluding carboxylic acids is 1. The minimum Gasteiger partial charge on any atom is -0.378 e. The average molecular weight is 446 g/mol. The number of benzene rings is 2. The summed E-state index contributed by atoms with van der Waals surface area (Å²) in [5, 5.41) is 3.87. The molecule has 0 aliphatic carbocycles. The molecule has 7 heteroatoms. The maximum atomic E-state index is 14.5. The summed E-state index contributed by atoms with van der Waals surface area (Å²) in [6.07, 6.45) is 0. The fraction of sp³-hybridized carbons (Fsp3) is 0.286. The first-order valence-electron chi connectivity index (χ1n) is 9.20. The lowest BCUT2D eigenvalue weighted by molar-refractivity contribution is -0.116. The highest BCUT2D eigenvalue weighted by molar-refractivity contribution is 9.10. The lowest BCUT2D eigenvalue weighted by Gasteiger charge is -2.29. The van der Waals surface area contributed by atoms with Crippen molar-refractivity contribution in [2.45, 2.75) is 13.5 Å². The predicted octanol–water partition coefficient (Wildman–Crippen LogP) is 4.33. The number of rotatable bonds is 4. The molecule has 1 aromatic heterocycles. The van der Waals surface area contributed by atoms with E-state index in [0.29, 0.717) is 37.7 Å². The van der Waals surface area contributed by atoms with Gasteiger partial charge in [-0.1, -0.05) is 18.2 Å². The molecular weight excluding hydrogens is 425 g/mol. The van der Waals surface area contributed by atoms with Gasteiger partial charge in [-0.15, -0.1) is 0 Å². The fourth-order valence-corrected chi connectivity index (χ4v) is 4.13. The van der Waals surface area contributed by atoms with Crippen LogP contribution in [0, 0.1) is 12.7 Å². The molecule has 1 aliphatic heterocycles. The van der Waals surface area contributed by atoms with Crippen LogP contribution in [-0.2, 0) is 16.1 Å². The van der Waals surface area contributed by atoms with Crippen molar-refractivity contribution < 1.29 is 13.9 Å². The van der Waals surface area contributed by atoms with Gasteiger partial charge in [0.15, 0.2) is 0 Å². The van der Waals surface area contributed by atoms with Crippen molar-refractivity contribution in [2.75, 3.05) is 36.5 Å². The van der Waals surface area contributed by atoms with Gasteiger partial charge in [0.25, 0.3) is 0 Å². The number of hydrogen-bond acceptors (Lipinski definition) is 3. The van der Waals surface area contributed by atoms with Gasteiger partial charge < -0.3 is 19.5 Å². The number of nitrogens with zero attached hydrogens (tertiary/aromatic N) is 2. The van der Waals surface area contributed by atoms with Crippen LogP contribution < -0.4 is 10.2 Å². The summed E-state index contributed by atoms with van der Waals surface area (Å²) in [5.41, 5.74) is 2.95. The van der Waals surface area contributed by atoms with Crippen molar-refractivity contribution in [2.24, 2.45) is 0 Å². The van der Waals surface area contributed by atoms with Gasteiger partial charge in [0.1, 0.15) is 12.4 Å². The highest BCUT2D eigenvalue weighted by Gasteiger charge is 2.17. The van der Waals surface area contributed by atoms with Gasteiger partial charge in [0.05, 0.1) is 18.9 Å². The van der Waals surface area contributed by atoms with Crippen LogP contribution in [0.4, 0.5) is 15.8 Å². The zero-order valence-electron chi connectivity index (χ0n) is 15.5.